The summed E-state index contributed by atoms with van der Waals surface area (Å²) in [6.45, 7) is 9.03. The van der Waals surface area contributed by atoms with Crippen LogP contribution in [0.5, 0.6) is 0 Å². The monoisotopic (exact) mass is 355 g/mol. The van der Waals surface area contributed by atoms with E-state index >= 15 is 0 Å². The van der Waals surface area contributed by atoms with Crippen LogP contribution >= 0.6 is 0 Å². The van der Waals surface area contributed by atoms with E-state index in [0.717, 1.165) is 19.4 Å². The van der Waals surface area contributed by atoms with Crippen LogP contribution in [0, 0.1) is 0 Å². The van der Waals surface area contributed by atoms with Crippen molar-refractivity contribution in [3.63, 3.8) is 0 Å². The molecule has 0 aliphatic carbocycles. The van der Waals surface area contributed by atoms with Crippen molar-refractivity contribution in [2.24, 2.45) is 0 Å². The summed E-state index contributed by atoms with van der Waals surface area (Å²) in [4.78, 5) is 26.2. The smallest absolute Gasteiger partial charge is 0.404 e. The fraction of sp³-hybridized carbons (Fsp3) is 0.923. The minimum atomic E-state index is -0.917. The van der Waals surface area contributed by atoms with E-state index in [1.165, 1.54) is 32.6 Å². The molecule has 0 heterocycles. The van der Waals surface area contributed by atoms with Crippen molar-refractivity contribution in [1.29, 1.82) is 0 Å². The number of nitrogens with one attached hydrogen (secondary N) is 1. The molecule has 134 valence electrons. The molecule has 0 spiro atoms. The van der Waals surface area contributed by atoms with Gasteiger partial charge >= 0.3 is 6.09 Å². The molecule has 0 aromatic heterocycles. The van der Waals surface area contributed by atoms with Gasteiger partial charge in [-0.1, -0.05) is 12.1 Å². The molecule has 0 aliphatic rings. The number of hydrogen-bond donors (Lipinski definition) is 2. The first-order valence-corrected chi connectivity index (χ1v) is 11.1. The van der Waals surface area contributed by atoms with Gasteiger partial charge in [-0.15, -0.1) is 14.5 Å². The topological polar surface area (TPSA) is 77.0 Å². The van der Waals surface area contributed by atoms with Crippen LogP contribution in [0.3, 0.4) is 0 Å². The van der Waals surface area contributed by atoms with Crippen molar-refractivity contribution < 1.29 is 29.4 Å². The molecule has 7 nitrogen and oxygen atoms in total. The Balaban J connectivity index is 0. The third kappa shape index (κ3) is 14.5. The van der Waals surface area contributed by atoms with Gasteiger partial charge in [-0.3, -0.25) is 0 Å². The van der Waals surface area contributed by atoms with Gasteiger partial charge in [0.2, 0.25) is 0 Å². The number of amides is 1. The summed E-state index contributed by atoms with van der Waals surface area (Å²) in [6, 6.07) is 2.41. The molecule has 22 heavy (non-hydrogen) atoms. The lowest BCUT2D eigenvalue weighted by atomic mass is 10.5. The fourth-order valence-electron chi connectivity index (χ4n) is 1.62. The van der Waals surface area contributed by atoms with Crippen LogP contribution in [0.4, 0.5) is 4.79 Å². The van der Waals surface area contributed by atoms with Crippen LogP contribution in [0.1, 0.15) is 33.6 Å². The molecule has 0 unspecified atom stereocenters. The third-order valence-electron chi connectivity index (χ3n) is 2.57. The van der Waals surface area contributed by atoms with E-state index in [4.69, 9.17) is 19.6 Å². The summed E-state index contributed by atoms with van der Waals surface area (Å²) in [5, 5.41) is 10.3. The SMILES string of the molecule is CCO[N+](CCC[SiH3])(OCC)OCC.O=C(O)NCCC[SiH3]. The number of carboxylic acid groups (broad SMARTS) is 1. The minimum absolute atomic E-state index is 0.0915. The Bertz CT molecular complexity index is 244. The minimum Gasteiger partial charge on any atom is -0.465 e. The van der Waals surface area contributed by atoms with E-state index < -0.39 is 6.09 Å². The van der Waals surface area contributed by atoms with Crippen LogP contribution in [0.25, 0.3) is 0 Å². The van der Waals surface area contributed by atoms with E-state index in [1.54, 1.807) is 0 Å². The second kappa shape index (κ2) is 16.9. The number of nitrogens with zero attached hydrogens (tertiary/aromatic N) is 1. The zero-order valence-electron chi connectivity index (χ0n) is 14.9. The van der Waals surface area contributed by atoms with Crippen LogP contribution in [-0.2, 0) is 14.5 Å². The summed E-state index contributed by atoms with van der Waals surface area (Å²) in [7, 11) is 2.38. The fourth-order valence-corrected chi connectivity index (χ4v) is 2.29. The highest BCUT2D eigenvalue weighted by atomic mass is 28.1. The summed E-state index contributed by atoms with van der Waals surface area (Å²) in [5.41, 5.74) is 0. The highest BCUT2D eigenvalue weighted by Gasteiger charge is 2.32. The van der Waals surface area contributed by atoms with Gasteiger partial charge in [0, 0.05) is 33.5 Å². The Morgan fingerprint density at radius 3 is 1.77 bits per heavy atom. The van der Waals surface area contributed by atoms with Gasteiger partial charge in [-0.25, -0.2) is 4.79 Å². The molecule has 1 amide bonds. The third-order valence-corrected chi connectivity index (χ3v) is 3.98. The highest BCUT2D eigenvalue weighted by molar-refractivity contribution is 6.08. The number of carbonyl (C=O) groups is 1. The summed E-state index contributed by atoms with van der Waals surface area (Å²) >= 11 is 0. The van der Waals surface area contributed by atoms with Crippen LogP contribution in [-0.4, -0.2) is 69.6 Å². The molecular formula is C13H35N2O5Si2+. The number of hydrogen-bond acceptors (Lipinski definition) is 4. The molecule has 0 atom stereocenters. The van der Waals surface area contributed by atoms with Crippen molar-refractivity contribution in [3.05, 3.63) is 0 Å². The average molecular weight is 356 g/mol. The molecule has 0 aromatic rings. The molecular weight excluding hydrogens is 320 g/mol. The van der Waals surface area contributed by atoms with Crippen molar-refractivity contribution >= 4 is 26.6 Å². The largest absolute Gasteiger partial charge is 0.465 e. The van der Waals surface area contributed by atoms with Gasteiger partial charge < -0.3 is 10.4 Å². The standard InChI is InChI=1S/C9H24NO3Si.C4H11NO2Si/c1-4-11-10(12-5-2,13-6-3)8-7-9-14;6-4(7)5-2-1-3-8/h4-9H2,1-3,14H3;5H,1-3H2,8H3,(H,6,7)/q+1;. The molecule has 0 rings (SSSR count). The Morgan fingerprint density at radius 2 is 1.45 bits per heavy atom. The molecule has 0 fully saturated rings. The van der Waals surface area contributed by atoms with E-state index in [2.05, 4.69) is 5.32 Å². The van der Waals surface area contributed by atoms with E-state index in [9.17, 15) is 4.79 Å². The van der Waals surface area contributed by atoms with Gasteiger partial charge in [0.15, 0.2) is 6.54 Å². The molecule has 0 saturated carbocycles. The Kier molecular flexibility index (Phi) is 18.3. The maximum atomic E-state index is 9.77. The van der Waals surface area contributed by atoms with E-state index in [-0.39, 0.29) is 4.97 Å². The Labute approximate surface area is 140 Å². The second-order valence-electron chi connectivity index (χ2n) is 4.53. The zero-order chi connectivity index (χ0) is 17.3. The normalized spacial score (nSPS) is 11.0. The summed E-state index contributed by atoms with van der Waals surface area (Å²) in [5.74, 6) is 0. The van der Waals surface area contributed by atoms with Crippen molar-refractivity contribution in [2.45, 2.75) is 45.7 Å². The lowest BCUT2D eigenvalue weighted by Gasteiger charge is -2.28. The lowest BCUT2D eigenvalue weighted by molar-refractivity contribution is -1.37. The number of rotatable bonds is 12. The van der Waals surface area contributed by atoms with Gasteiger partial charge in [0.05, 0.1) is 4.97 Å². The predicted octanol–water partition coefficient (Wildman–Crippen LogP) is 0.259. The Hall–Kier alpha value is -0.456. The number of hydroxylamine groups is 3. The second-order valence-corrected chi connectivity index (χ2v) is 6.53. The first kappa shape index (κ1) is 23.8. The van der Waals surface area contributed by atoms with E-state index in [1.807, 2.05) is 20.8 Å². The summed E-state index contributed by atoms with van der Waals surface area (Å²) < 4.78 is 0. The first-order valence-electron chi connectivity index (χ1n) is 8.30. The van der Waals surface area contributed by atoms with Gasteiger partial charge in [0.1, 0.15) is 19.8 Å². The van der Waals surface area contributed by atoms with Crippen LogP contribution in [0.15, 0.2) is 0 Å². The molecule has 9 heteroatoms. The molecule has 0 aromatic carbocycles. The van der Waals surface area contributed by atoms with Crippen molar-refractivity contribution in [1.82, 2.24) is 5.32 Å². The molecule has 2 N–H and O–H groups in total. The molecule has 0 radical (unpaired) electrons. The van der Waals surface area contributed by atoms with Crippen LogP contribution in [0.2, 0.25) is 12.1 Å². The highest BCUT2D eigenvalue weighted by Crippen LogP contribution is 2.13. The van der Waals surface area contributed by atoms with Gasteiger partial charge in [-0.05, 0) is 27.2 Å². The summed E-state index contributed by atoms with van der Waals surface area (Å²) in [6.07, 6.45) is 1.16. The zero-order valence-corrected chi connectivity index (χ0v) is 18.9. The lowest BCUT2D eigenvalue weighted by Crippen LogP contribution is -2.48. The van der Waals surface area contributed by atoms with Crippen molar-refractivity contribution in [3.8, 4) is 0 Å². The molecule has 0 saturated heterocycles. The van der Waals surface area contributed by atoms with Gasteiger partial charge in [-0.2, -0.15) is 0 Å². The molecule has 0 aliphatic heterocycles. The van der Waals surface area contributed by atoms with Gasteiger partial charge in [0.25, 0.3) is 0 Å². The maximum absolute atomic E-state index is 9.77. The Morgan fingerprint density at radius 1 is 1.00 bits per heavy atom. The van der Waals surface area contributed by atoms with E-state index in [0.29, 0.717) is 26.4 Å². The molecule has 0 bridgehead atoms. The first-order chi connectivity index (χ1) is 10.5. The predicted molar refractivity (Wildman–Crippen MR) is 94.8 cm³/mol. The average Bonchev–Trinajstić information content (AvgIpc) is 2.47. The van der Waals surface area contributed by atoms with Crippen LogP contribution < -0.4 is 5.32 Å². The quantitative estimate of drug-likeness (QED) is 0.227. The van der Waals surface area contributed by atoms with Crippen molar-refractivity contribution in [2.75, 3.05) is 32.9 Å². The number of quaternary nitrogens is 1. The maximum Gasteiger partial charge on any atom is 0.404 e.